The molecule has 0 amide bonds. The lowest BCUT2D eigenvalue weighted by atomic mass is 10.1. The number of hydrogen-bond acceptors (Lipinski definition) is 2. The number of thiocarbonyl (C=S) groups is 1. The van der Waals surface area contributed by atoms with E-state index >= 15 is 0 Å². The van der Waals surface area contributed by atoms with Crippen molar-refractivity contribution in [1.29, 1.82) is 0 Å². The summed E-state index contributed by atoms with van der Waals surface area (Å²) in [5.74, 6) is 0. The second-order valence-corrected chi connectivity index (χ2v) is 7.34. The second-order valence-electron chi connectivity index (χ2n) is 6.53. The summed E-state index contributed by atoms with van der Waals surface area (Å²) < 4.78 is 1.95. The van der Waals surface area contributed by atoms with Crippen molar-refractivity contribution in [3.8, 4) is 0 Å². The van der Waals surface area contributed by atoms with Gasteiger partial charge in [-0.3, -0.25) is 4.68 Å². The third kappa shape index (κ3) is 4.67. The minimum Gasteiger partial charge on any atom is -0.356 e. The molecule has 3 aromatic rings. The molecule has 0 spiro atoms. The van der Waals surface area contributed by atoms with Crippen molar-refractivity contribution in [1.82, 2.24) is 15.1 Å². The summed E-state index contributed by atoms with van der Waals surface area (Å²) in [4.78, 5) is 0. The standard InChI is InChI=1S/C21H23ClN4S/c1-14(17-9-5-4-6-10-17)23-21(27)24-20-15(2)25-26(16(20)3)13-18-11-7-8-12-19(18)22/h4-12,14H,13H2,1-3H3,(H2,23,24,27). The van der Waals surface area contributed by atoms with Crippen molar-refractivity contribution in [3.05, 3.63) is 82.1 Å². The topological polar surface area (TPSA) is 41.9 Å². The van der Waals surface area contributed by atoms with Crippen LogP contribution in [-0.2, 0) is 6.54 Å². The van der Waals surface area contributed by atoms with E-state index in [4.69, 9.17) is 23.8 Å². The molecule has 0 aliphatic carbocycles. The van der Waals surface area contributed by atoms with E-state index in [0.29, 0.717) is 11.7 Å². The highest BCUT2D eigenvalue weighted by atomic mass is 35.5. The van der Waals surface area contributed by atoms with E-state index in [9.17, 15) is 0 Å². The van der Waals surface area contributed by atoms with Crippen LogP contribution in [0.2, 0.25) is 5.02 Å². The van der Waals surface area contributed by atoms with Crippen LogP contribution in [0.1, 0.15) is 35.5 Å². The molecule has 0 fully saturated rings. The van der Waals surface area contributed by atoms with Gasteiger partial charge in [0.2, 0.25) is 0 Å². The lowest BCUT2D eigenvalue weighted by Gasteiger charge is -2.17. The first-order valence-corrected chi connectivity index (χ1v) is 9.64. The van der Waals surface area contributed by atoms with Gasteiger partial charge in [-0.1, -0.05) is 60.1 Å². The Morgan fingerprint density at radius 2 is 1.78 bits per heavy atom. The van der Waals surface area contributed by atoms with E-state index in [-0.39, 0.29) is 6.04 Å². The Morgan fingerprint density at radius 3 is 2.48 bits per heavy atom. The minimum atomic E-state index is 0.116. The summed E-state index contributed by atoms with van der Waals surface area (Å²) in [6, 6.07) is 18.2. The fraction of sp³-hybridized carbons (Fsp3) is 0.238. The van der Waals surface area contributed by atoms with E-state index in [2.05, 4.69) is 34.8 Å². The molecule has 1 atom stereocenters. The van der Waals surface area contributed by atoms with Gasteiger partial charge in [-0.2, -0.15) is 5.10 Å². The molecule has 1 heterocycles. The summed E-state index contributed by atoms with van der Waals surface area (Å²) in [5.41, 5.74) is 5.07. The van der Waals surface area contributed by atoms with Crippen molar-refractivity contribution in [2.24, 2.45) is 0 Å². The van der Waals surface area contributed by atoms with Crippen LogP contribution in [0.3, 0.4) is 0 Å². The smallest absolute Gasteiger partial charge is 0.171 e. The molecule has 2 N–H and O–H groups in total. The fourth-order valence-corrected chi connectivity index (χ4v) is 3.47. The molecular weight excluding hydrogens is 376 g/mol. The summed E-state index contributed by atoms with van der Waals surface area (Å²) >= 11 is 11.8. The minimum absolute atomic E-state index is 0.116. The van der Waals surface area contributed by atoms with Crippen molar-refractivity contribution in [2.75, 3.05) is 5.32 Å². The van der Waals surface area contributed by atoms with Crippen molar-refractivity contribution >= 4 is 34.6 Å². The van der Waals surface area contributed by atoms with Gasteiger partial charge < -0.3 is 10.6 Å². The molecule has 0 bridgehead atoms. The highest BCUT2D eigenvalue weighted by Crippen LogP contribution is 2.23. The fourth-order valence-electron chi connectivity index (χ4n) is 2.99. The van der Waals surface area contributed by atoms with Gasteiger partial charge in [0.1, 0.15) is 0 Å². The molecule has 140 valence electrons. The van der Waals surface area contributed by atoms with Gasteiger partial charge in [-0.15, -0.1) is 0 Å². The van der Waals surface area contributed by atoms with Crippen LogP contribution in [0.4, 0.5) is 5.69 Å². The third-order valence-corrected chi connectivity index (χ3v) is 5.13. The number of aryl methyl sites for hydroxylation is 1. The highest BCUT2D eigenvalue weighted by Gasteiger charge is 2.15. The Bertz CT molecular complexity index is 937. The molecular formula is C21H23ClN4S. The van der Waals surface area contributed by atoms with Crippen LogP contribution in [0, 0.1) is 13.8 Å². The Hall–Kier alpha value is -2.37. The van der Waals surface area contributed by atoms with Crippen molar-refractivity contribution in [3.63, 3.8) is 0 Å². The first kappa shape index (κ1) is 19.4. The average Bonchev–Trinajstić information content (AvgIpc) is 2.91. The second kappa shape index (κ2) is 8.55. The van der Waals surface area contributed by atoms with Gasteiger partial charge >= 0.3 is 0 Å². The zero-order valence-corrected chi connectivity index (χ0v) is 17.2. The molecule has 1 aromatic heterocycles. The Labute approximate surface area is 170 Å². The van der Waals surface area contributed by atoms with E-state index in [0.717, 1.165) is 27.7 Å². The quantitative estimate of drug-likeness (QED) is 0.576. The first-order chi connectivity index (χ1) is 13.0. The Balaban J connectivity index is 1.71. The number of hydrogen-bond donors (Lipinski definition) is 2. The van der Waals surface area contributed by atoms with Gasteiger partial charge in [0, 0.05) is 5.02 Å². The molecule has 0 saturated carbocycles. The number of nitrogens with one attached hydrogen (secondary N) is 2. The van der Waals surface area contributed by atoms with Gasteiger partial charge in [0.05, 0.1) is 29.7 Å². The van der Waals surface area contributed by atoms with Crippen LogP contribution in [0.25, 0.3) is 0 Å². The molecule has 6 heteroatoms. The summed E-state index contributed by atoms with van der Waals surface area (Å²) in [6.45, 7) is 6.71. The van der Waals surface area contributed by atoms with Gasteiger partial charge in [-0.05, 0) is 50.2 Å². The number of nitrogens with zero attached hydrogens (tertiary/aromatic N) is 2. The molecule has 0 radical (unpaired) electrons. The van der Waals surface area contributed by atoms with Gasteiger partial charge in [0.15, 0.2) is 5.11 Å². The van der Waals surface area contributed by atoms with Crippen molar-refractivity contribution < 1.29 is 0 Å². The normalized spacial score (nSPS) is 11.9. The van der Waals surface area contributed by atoms with E-state index in [1.165, 1.54) is 5.56 Å². The van der Waals surface area contributed by atoms with Crippen LogP contribution in [0.15, 0.2) is 54.6 Å². The summed E-state index contributed by atoms with van der Waals surface area (Å²) in [7, 11) is 0. The summed E-state index contributed by atoms with van der Waals surface area (Å²) in [5, 5.41) is 12.6. The maximum absolute atomic E-state index is 6.29. The molecule has 0 aliphatic heterocycles. The molecule has 0 aliphatic rings. The lowest BCUT2D eigenvalue weighted by Crippen LogP contribution is -2.31. The monoisotopic (exact) mass is 398 g/mol. The number of anilines is 1. The SMILES string of the molecule is Cc1nn(Cc2ccccc2Cl)c(C)c1NC(=S)NC(C)c1ccccc1. The maximum Gasteiger partial charge on any atom is 0.171 e. The molecule has 4 nitrogen and oxygen atoms in total. The Morgan fingerprint density at radius 1 is 1.11 bits per heavy atom. The lowest BCUT2D eigenvalue weighted by molar-refractivity contribution is 0.659. The third-order valence-electron chi connectivity index (χ3n) is 4.55. The molecule has 27 heavy (non-hydrogen) atoms. The van der Waals surface area contributed by atoms with Gasteiger partial charge in [-0.25, -0.2) is 0 Å². The first-order valence-electron chi connectivity index (χ1n) is 8.85. The molecule has 1 unspecified atom stereocenters. The summed E-state index contributed by atoms with van der Waals surface area (Å²) in [6.07, 6.45) is 0. The number of benzene rings is 2. The molecule has 0 saturated heterocycles. The van der Waals surface area contributed by atoms with E-state index in [1.807, 2.05) is 61.0 Å². The molecule has 2 aromatic carbocycles. The zero-order chi connectivity index (χ0) is 19.4. The average molecular weight is 399 g/mol. The van der Waals surface area contributed by atoms with E-state index < -0.39 is 0 Å². The highest BCUT2D eigenvalue weighted by molar-refractivity contribution is 7.80. The zero-order valence-electron chi connectivity index (χ0n) is 15.7. The van der Waals surface area contributed by atoms with Crippen LogP contribution in [-0.4, -0.2) is 14.9 Å². The largest absolute Gasteiger partial charge is 0.356 e. The Kier molecular flexibility index (Phi) is 6.14. The predicted molar refractivity (Wildman–Crippen MR) is 116 cm³/mol. The van der Waals surface area contributed by atoms with Crippen molar-refractivity contribution in [2.45, 2.75) is 33.4 Å². The van der Waals surface area contributed by atoms with Crippen LogP contribution < -0.4 is 10.6 Å². The predicted octanol–water partition coefficient (Wildman–Crippen LogP) is 5.25. The number of halogens is 1. The number of rotatable bonds is 5. The van der Waals surface area contributed by atoms with E-state index in [1.54, 1.807) is 0 Å². The number of aromatic nitrogens is 2. The molecule has 3 rings (SSSR count). The van der Waals surface area contributed by atoms with Crippen LogP contribution in [0.5, 0.6) is 0 Å². The van der Waals surface area contributed by atoms with Gasteiger partial charge in [0.25, 0.3) is 0 Å². The van der Waals surface area contributed by atoms with Crippen LogP contribution >= 0.6 is 23.8 Å². The maximum atomic E-state index is 6.29.